The molecule has 3 heterocycles. The van der Waals surface area contributed by atoms with Crippen molar-refractivity contribution in [1.82, 2.24) is 9.88 Å². The van der Waals surface area contributed by atoms with Gasteiger partial charge in [-0.1, -0.05) is 6.08 Å². The second kappa shape index (κ2) is 3.83. The molecule has 1 aromatic heterocycles. The first-order chi connectivity index (χ1) is 9.24. The summed E-state index contributed by atoms with van der Waals surface area (Å²) in [4.78, 5) is 23.3. The van der Waals surface area contributed by atoms with Crippen LogP contribution >= 0.6 is 0 Å². The Morgan fingerprint density at radius 3 is 2.95 bits per heavy atom. The predicted molar refractivity (Wildman–Crippen MR) is 70.5 cm³/mol. The summed E-state index contributed by atoms with van der Waals surface area (Å²) in [6.07, 6.45) is 9.22. The Hall–Kier alpha value is -1.84. The summed E-state index contributed by atoms with van der Waals surface area (Å²) < 4.78 is 2.29. The van der Waals surface area contributed by atoms with E-state index < -0.39 is 0 Å². The van der Waals surface area contributed by atoms with E-state index in [1.807, 2.05) is 0 Å². The highest BCUT2D eigenvalue weighted by molar-refractivity contribution is 6.06. The Bertz CT molecular complexity index is 711. The van der Waals surface area contributed by atoms with E-state index in [1.54, 1.807) is 0 Å². The maximum atomic E-state index is 11.9. The van der Waals surface area contributed by atoms with Crippen LogP contribution in [0.1, 0.15) is 43.6 Å². The number of amides is 2. The Labute approximate surface area is 110 Å². The molecule has 98 valence electrons. The average molecular weight is 256 g/mol. The number of nitrogens with one attached hydrogen (secondary N) is 1. The van der Waals surface area contributed by atoms with Gasteiger partial charge in [0.2, 0.25) is 11.8 Å². The molecule has 4 nitrogen and oxygen atoms in total. The molecule has 2 amide bonds. The minimum atomic E-state index is -0.281. The molecule has 1 aliphatic carbocycles. The first-order valence-electron chi connectivity index (χ1n) is 6.99. The van der Waals surface area contributed by atoms with Crippen LogP contribution in [0.5, 0.6) is 0 Å². The van der Waals surface area contributed by atoms with Crippen LogP contribution in [0.2, 0.25) is 0 Å². The lowest BCUT2D eigenvalue weighted by atomic mass is 9.93. The highest BCUT2D eigenvalue weighted by Gasteiger charge is 2.34. The number of hydrogen-bond donors (Lipinski definition) is 1. The summed E-state index contributed by atoms with van der Waals surface area (Å²) in [5.41, 5.74) is 2.58. The maximum absolute atomic E-state index is 11.9. The fourth-order valence-corrected chi connectivity index (χ4v) is 3.68. The number of hydrogen-bond acceptors (Lipinski definition) is 2. The Morgan fingerprint density at radius 1 is 1.26 bits per heavy atom. The van der Waals surface area contributed by atoms with Crippen molar-refractivity contribution in [2.24, 2.45) is 0 Å². The standard InChI is InChI=1S/C15H16N2O2/c18-13-7-11(15(19)16-13)12-8-17-6-2-4-9-3-1-5-10(12)14(9)17/h5,8,11H,1-4,6-7H2,(H,16,18,19)/t11-/m1/s1. The van der Waals surface area contributed by atoms with E-state index in [9.17, 15) is 9.59 Å². The van der Waals surface area contributed by atoms with Crippen molar-refractivity contribution in [3.8, 4) is 0 Å². The molecule has 1 aromatic rings. The molecule has 2 aliphatic heterocycles. The third kappa shape index (κ3) is 1.52. The van der Waals surface area contributed by atoms with Crippen LogP contribution in [0.4, 0.5) is 0 Å². The molecule has 19 heavy (non-hydrogen) atoms. The maximum Gasteiger partial charge on any atom is 0.234 e. The number of carbonyl (C=O) groups is 2. The average Bonchev–Trinajstić information content (AvgIpc) is 2.93. The summed E-state index contributed by atoms with van der Waals surface area (Å²) in [5.74, 6) is -0.563. The van der Waals surface area contributed by atoms with Gasteiger partial charge in [-0.05, 0) is 42.0 Å². The van der Waals surface area contributed by atoms with Gasteiger partial charge in [0.05, 0.1) is 5.92 Å². The molecule has 1 saturated heterocycles. The summed E-state index contributed by atoms with van der Waals surface area (Å²) >= 11 is 0. The highest BCUT2D eigenvalue weighted by atomic mass is 16.2. The zero-order valence-corrected chi connectivity index (χ0v) is 10.7. The molecule has 1 atom stereocenters. The van der Waals surface area contributed by atoms with E-state index in [0.29, 0.717) is 6.42 Å². The van der Waals surface area contributed by atoms with Gasteiger partial charge in [0.15, 0.2) is 0 Å². The second-order valence-corrected chi connectivity index (χ2v) is 5.66. The smallest absolute Gasteiger partial charge is 0.234 e. The number of carbonyl (C=O) groups excluding carboxylic acids is 2. The van der Waals surface area contributed by atoms with E-state index in [0.717, 1.165) is 24.9 Å². The van der Waals surface area contributed by atoms with Gasteiger partial charge in [0.1, 0.15) is 0 Å². The molecule has 3 aliphatic rings. The van der Waals surface area contributed by atoms with Gasteiger partial charge < -0.3 is 4.57 Å². The summed E-state index contributed by atoms with van der Waals surface area (Å²) in [7, 11) is 0. The molecule has 4 heteroatoms. The molecule has 0 bridgehead atoms. The van der Waals surface area contributed by atoms with Crippen molar-refractivity contribution in [2.75, 3.05) is 0 Å². The van der Waals surface area contributed by atoms with Crippen LogP contribution in [-0.4, -0.2) is 16.4 Å². The van der Waals surface area contributed by atoms with Crippen molar-refractivity contribution in [3.63, 3.8) is 0 Å². The zero-order valence-electron chi connectivity index (χ0n) is 10.7. The van der Waals surface area contributed by atoms with Crippen molar-refractivity contribution < 1.29 is 9.59 Å². The first kappa shape index (κ1) is 11.0. The lowest BCUT2D eigenvalue weighted by molar-refractivity contribution is -0.125. The van der Waals surface area contributed by atoms with E-state index in [4.69, 9.17) is 0 Å². The quantitative estimate of drug-likeness (QED) is 0.727. The molecule has 0 unspecified atom stereocenters. The fraction of sp³-hybridized carbons (Fsp3) is 0.467. The van der Waals surface area contributed by atoms with Crippen LogP contribution in [0, 0.1) is 0 Å². The Morgan fingerprint density at radius 2 is 2.16 bits per heavy atom. The van der Waals surface area contributed by atoms with Crippen LogP contribution in [0.15, 0.2) is 6.20 Å². The van der Waals surface area contributed by atoms with E-state index in [1.165, 1.54) is 29.0 Å². The van der Waals surface area contributed by atoms with E-state index >= 15 is 0 Å². The van der Waals surface area contributed by atoms with E-state index in [-0.39, 0.29) is 17.7 Å². The number of aryl methyl sites for hydroxylation is 1. The minimum absolute atomic E-state index is 0.135. The summed E-state index contributed by atoms with van der Waals surface area (Å²) in [6, 6.07) is 0. The Kier molecular flexibility index (Phi) is 2.22. The molecule has 1 fully saturated rings. The van der Waals surface area contributed by atoms with Gasteiger partial charge in [0, 0.05) is 24.5 Å². The van der Waals surface area contributed by atoms with Gasteiger partial charge in [0.25, 0.3) is 0 Å². The third-order valence-corrected chi connectivity index (χ3v) is 4.50. The second-order valence-electron chi connectivity index (χ2n) is 5.66. The molecule has 4 rings (SSSR count). The van der Waals surface area contributed by atoms with Crippen molar-refractivity contribution in [2.45, 2.75) is 44.6 Å². The number of aromatic nitrogens is 1. The van der Waals surface area contributed by atoms with Crippen LogP contribution in [-0.2, 0) is 16.1 Å². The lowest BCUT2D eigenvalue weighted by Gasteiger charge is -2.17. The third-order valence-electron chi connectivity index (χ3n) is 4.50. The van der Waals surface area contributed by atoms with Crippen molar-refractivity contribution in [3.05, 3.63) is 22.3 Å². The normalized spacial score (nSPS) is 25.1. The fourth-order valence-electron chi connectivity index (χ4n) is 3.68. The first-order valence-corrected chi connectivity index (χ1v) is 6.99. The van der Waals surface area contributed by atoms with Gasteiger partial charge in [-0.2, -0.15) is 0 Å². The van der Waals surface area contributed by atoms with Gasteiger partial charge in [-0.25, -0.2) is 0 Å². The van der Waals surface area contributed by atoms with Crippen LogP contribution in [0.25, 0.3) is 11.6 Å². The van der Waals surface area contributed by atoms with E-state index in [2.05, 4.69) is 22.2 Å². The molecule has 0 aromatic carbocycles. The van der Waals surface area contributed by atoms with Crippen molar-refractivity contribution >= 4 is 23.5 Å². The monoisotopic (exact) mass is 256 g/mol. The topological polar surface area (TPSA) is 51.1 Å². The molecular weight excluding hydrogens is 240 g/mol. The van der Waals surface area contributed by atoms with Gasteiger partial charge in [-0.3, -0.25) is 14.9 Å². The summed E-state index contributed by atoms with van der Waals surface area (Å²) in [6.45, 7) is 1.03. The zero-order chi connectivity index (χ0) is 13.0. The highest BCUT2D eigenvalue weighted by Crippen LogP contribution is 2.25. The lowest BCUT2D eigenvalue weighted by Crippen LogP contribution is -2.37. The van der Waals surface area contributed by atoms with Gasteiger partial charge in [-0.15, -0.1) is 0 Å². The molecule has 1 N–H and O–H groups in total. The SMILES string of the molecule is O=C1C[C@H](c2cn3c4c2=CCCC=4CCC3)C(=O)N1. The van der Waals surface area contributed by atoms with Gasteiger partial charge >= 0.3 is 0 Å². The minimum Gasteiger partial charge on any atom is -0.347 e. The number of imide groups is 1. The number of rotatable bonds is 1. The van der Waals surface area contributed by atoms with Crippen LogP contribution < -0.4 is 15.9 Å². The molecule has 0 spiro atoms. The van der Waals surface area contributed by atoms with Crippen LogP contribution in [0.3, 0.4) is 0 Å². The predicted octanol–water partition coefficient (Wildman–Crippen LogP) is 0.137. The molecule has 0 radical (unpaired) electrons. The largest absolute Gasteiger partial charge is 0.347 e. The molecule has 0 saturated carbocycles. The summed E-state index contributed by atoms with van der Waals surface area (Å²) in [5, 5.41) is 4.97. The number of nitrogens with zero attached hydrogens (tertiary/aromatic N) is 1. The van der Waals surface area contributed by atoms with Crippen molar-refractivity contribution in [1.29, 1.82) is 0 Å². The molecular formula is C15H16N2O2. The Balaban J connectivity index is 1.95.